The summed E-state index contributed by atoms with van der Waals surface area (Å²) in [7, 11) is 0. The Bertz CT molecular complexity index is 1050. The van der Waals surface area contributed by atoms with E-state index in [-0.39, 0.29) is 136 Å². The molecule has 0 aromatic rings. The van der Waals surface area contributed by atoms with E-state index in [1.165, 1.54) is 0 Å². The van der Waals surface area contributed by atoms with Crippen LogP contribution in [0.4, 0.5) is 0 Å². The topological polar surface area (TPSA) is 281 Å². The number of esters is 3. The number of carbonyl (C=O) groups is 7. The zero-order valence-corrected chi connectivity index (χ0v) is 36.0. The molecule has 0 saturated heterocycles. The molecule has 0 bridgehead atoms. The standard InChI is InChI=1S/C41H73N3O17/c45-20-4-1-11-35(49)42-17-7-25-59-38(52)14-28-56-32-41(31-55-24-10-23-48,33-57-29-15-39(53)60-26-8-18-43-36(50)12-2-5-21-46)34-58-30-16-40(54)61-27-9-19-44-37(51)13-3-6-22-47/h23,45-47H,1-22,24-34H2,(H,42,49)(H,43,50)(H,44,51). The molecule has 0 aliphatic heterocycles. The number of amides is 3. The first kappa shape index (κ1) is 57.2. The number of ether oxygens (including phenoxy) is 7. The molecule has 6 N–H and O–H groups in total. The van der Waals surface area contributed by atoms with Crippen molar-refractivity contribution < 1.29 is 82.0 Å². The summed E-state index contributed by atoms with van der Waals surface area (Å²) >= 11 is 0. The molecular weight excluding hydrogens is 806 g/mol. The van der Waals surface area contributed by atoms with Crippen LogP contribution in [0.5, 0.6) is 0 Å². The third-order valence-corrected chi connectivity index (χ3v) is 8.52. The average Bonchev–Trinajstić information content (AvgIpc) is 3.24. The minimum absolute atomic E-state index is 0.00331. The Morgan fingerprint density at radius 3 is 1.02 bits per heavy atom. The zero-order valence-electron chi connectivity index (χ0n) is 36.0. The monoisotopic (exact) mass is 879 g/mol. The molecule has 0 aliphatic carbocycles. The van der Waals surface area contributed by atoms with E-state index < -0.39 is 23.3 Å². The molecule has 0 aliphatic rings. The Balaban J connectivity index is 5.08. The quantitative estimate of drug-likeness (QED) is 0.0210. The van der Waals surface area contributed by atoms with Crippen molar-refractivity contribution in [2.75, 3.05) is 112 Å². The molecule has 0 aromatic carbocycles. The van der Waals surface area contributed by atoms with Gasteiger partial charge in [0.05, 0.1) is 97.4 Å². The first-order valence-corrected chi connectivity index (χ1v) is 21.5. The fraction of sp³-hybridized carbons (Fsp3) is 0.829. The number of hydrogen-bond donors (Lipinski definition) is 6. The number of carbonyl (C=O) groups excluding carboxylic acids is 7. The zero-order chi connectivity index (χ0) is 45.1. The molecule has 0 heterocycles. The van der Waals surface area contributed by atoms with Crippen molar-refractivity contribution in [1.82, 2.24) is 16.0 Å². The maximum absolute atomic E-state index is 12.4. The molecule has 0 radical (unpaired) electrons. The van der Waals surface area contributed by atoms with Crippen molar-refractivity contribution in [3.05, 3.63) is 0 Å². The Morgan fingerprint density at radius 2 is 0.721 bits per heavy atom. The van der Waals surface area contributed by atoms with E-state index in [4.69, 9.17) is 48.5 Å². The first-order valence-electron chi connectivity index (χ1n) is 21.5. The van der Waals surface area contributed by atoms with Crippen molar-refractivity contribution in [3.63, 3.8) is 0 Å². The van der Waals surface area contributed by atoms with Crippen LogP contribution in [0.3, 0.4) is 0 Å². The Labute approximate surface area is 359 Å². The van der Waals surface area contributed by atoms with Gasteiger partial charge in [-0.3, -0.25) is 28.8 Å². The number of hydrogen-bond acceptors (Lipinski definition) is 17. The van der Waals surface area contributed by atoms with Gasteiger partial charge < -0.3 is 69.2 Å². The predicted octanol–water partition coefficient (Wildman–Crippen LogP) is 0.435. The van der Waals surface area contributed by atoms with Crippen molar-refractivity contribution in [2.45, 2.75) is 103 Å². The number of aldehydes is 1. The van der Waals surface area contributed by atoms with Crippen LogP contribution in [0.25, 0.3) is 0 Å². The van der Waals surface area contributed by atoms with Crippen LogP contribution in [-0.2, 0) is 66.7 Å². The van der Waals surface area contributed by atoms with E-state index >= 15 is 0 Å². The molecule has 0 rings (SSSR count). The summed E-state index contributed by atoms with van der Waals surface area (Å²) in [5.74, 6) is -1.93. The molecule has 354 valence electrons. The maximum atomic E-state index is 12.4. The van der Waals surface area contributed by atoms with Crippen LogP contribution in [0.2, 0.25) is 0 Å². The summed E-state index contributed by atoms with van der Waals surface area (Å²) in [5.41, 5.74) is -0.999. The third-order valence-electron chi connectivity index (χ3n) is 8.52. The van der Waals surface area contributed by atoms with E-state index in [1.54, 1.807) is 0 Å². The average molecular weight is 880 g/mol. The largest absolute Gasteiger partial charge is 0.466 e. The van der Waals surface area contributed by atoms with E-state index in [0.717, 1.165) is 0 Å². The number of unbranched alkanes of at least 4 members (excludes halogenated alkanes) is 3. The SMILES string of the molecule is O=CCCOCC(COCCC(=O)OCCCNC(=O)CCCCO)(COCCC(=O)OCCCNC(=O)CCCCO)COCCC(=O)OCCCNC(=O)CCCCO. The molecule has 0 aromatic heterocycles. The van der Waals surface area contributed by atoms with Gasteiger partial charge >= 0.3 is 17.9 Å². The van der Waals surface area contributed by atoms with Gasteiger partial charge in [-0.15, -0.1) is 0 Å². The summed E-state index contributed by atoms with van der Waals surface area (Å²) in [4.78, 5) is 83.3. The van der Waals surface area contributed by atoms with Gasteiger partial charge in [0.15, 0.2) is 0 Å². The summed E-state index contributed by atoms with van der Waals surface area (Å²) in [5, 5.41) is 34.7. The van der Waals surface area contributed by atoms with Gasteiger partial charge in [-0.25, -0.2) is 0 Å². The highest BCUT2D eigenvalue weighted by Gasteiger charge is 2.33. The number of nitrogens with one attached hydrogen (secondary N) is 3. The molecule has 0 saturated carbocycles. The molecule has 0 spiro atoms. The van der Waals surface area contributed by atoms with Crippen LogP contribution in [0.1, 0.15) is 103 Å². The van der Waals surface area contributed by atoms with Gasteiger partial charge in [0.2, 0.25) is 17.7 Å². The van der Waals surface area contributed by atoms with Gasteiger partial charge in [-0.05, 0) is 57.8 Å². The molecule has 3 amide bonds. The highest BCUT2D eigenvalue weighted by Crippen LogP contribution is 2.22. The number of aliphatic hydroxyl groups is 3. The summed E-state index contributed by atoms with van der Waals surface area (Å²) in [6.07, 6.45) is 6.23. The van der Waals surface area contributed by atoms with Gasteiger partial charge in [0.1, 0.15) is 6.29 Å². The minimum Gasteiger partial charge on any atom is -0.466 e. The van der Waals surface area contributed by atoms with Gasteiger partial charge in [-0.2, -0.15) is 0 Å². The van der Waals surface area contributed by atoms with E-state index in [1.807, 2.05) is 0 Å². The van der Waals surface area contributed by atoms with Gasteiger partial charge in [0.25, 0.3) is 0 Å². The maximum Gasteiger partial charge on any atom is 0.308 e. The molecule has 20 heteroatoms. The molecule has 0 atom stereocenters. The first-order chi connectivity index (χ1) is 29.6. The molecule has 0 fully saturated rings. The smallest absolute Gasteiger partial charge is 0.308 e. The summed E-state index contributed by atoms with van der Waals surface area (Å²) in [6.45, 7) is 1.33. The normalized spacial score (nSPS) is 11.1. The summed E-state index contributed by atoms with van der Waals surface area (Å²) in [6, 6.07) is 0. The second-order valence-electron chi connectivity index (χ2n) is 14.2. The van der Waals surface area contributed by atoms with Crippen molar-refractivity contribution in [1.29, 1.82) is 0 Å². The molecule has 61 heavy (non-hydrogen) atoms. The van der Waals surface area contributed by atoms with E-state index in [0.29, 0.717) is 103 Å². The Kier molecular flexibility index (Phi) is 39.0. The Morgan fingerprint density at radius 1 is 0.410 bits per heavy atom. The lowest BCUT2D eigenvalue weighted by Gasteiger charge is -2.33. The van der Waals surface area contributed by atoms with Crippen LogP contribution >= 0.6 is 0 Å². The van der Waals surface area contributed by atoms with E-state index in [9.17, 15) is 33.6 Å². The molecular formula is C41H73N3O17. The molecule has 0 unspecified atom stereocenters. The highest BCUT2D eigenvalue weighted by molar-refractivity contribution is 5.76. The van der Waals surface area contributed by atoms with Crippen LogP contribution in [0, 0.1) is 5.41 Å². The third kappa shape index (κ3) is 37.7. The Hall–Kier alpha value is -3.79. The summed E-state index contributed by atoms with van der Waals surface area (Å²) < 4.78 is 39.1. The van der Waals surface area contributed by atoms with Gasteiger partial charge in [0, 0.05) is 65.1 Å². The second kappa shape index (κ2) is 41.6. The number of aliphatic hydroxyl groups excluding tert-OH is 3. The van der Waals surface area contributed by atoms with Gasteiger partial charge in [-0.1, -0.05) is 0 Å². The fourth-order valence-electron chi connectivity index (χ4n) is 5.13. The van der Waals surface area contributed by atoms with E-state index in [2.05, 4.69) is 16.0 Å². The second-order valence-corrected chi connectivity index (χ2v) is 14.2. The fourth-order valence-corrected chi connectivity index (χ4v) is 5.13. The van der Waals surface area contributed by atoms with Crippen molar-refractivity contribution in [3.8, 4) is 0 Å². The number of rotatable bonds is 44. The predicted molar refractivity (Wildman–Crippen MR) is 219 cm³/mol. The van der Waals surface area contributed by atoms with Crippen LogP contribution in [0.15, 0.2) is 0 Å². The lowest BCUT2D eigenvalue weighted by Crippen LogP contribution is -2.42. The van der Waals surface area contributed by atoms with Crippen LogP contribution in [-0.4, -0.2) is 169 Å². The van der Waals surface area contributed by atoms with Crippen molar-refractivity contribution in [2.24, 2.45) is 5.41 Å². The minimum atomic E-state index is -0.999. The van der Waals surface area contributed by atoms with Crippen LogP contribution < -0.4 is 16.0 Å². The van der Waals surface area contributed by atoms with Crippen molar-refractivity contribution >= 4 is 41.9 Å². The lowest BCUT2D eigenvalue weighted by molar-refractivity contribution is -0.147. The highest BCUT2D eigenvalue weighted by atomic mass is 16.6. The lowest BCUT2D eigenvalue weighted by atomic mass is 9.92. The molecule has 20 nitrogen and oxygen atoms in total.